The lowest BCUT2D eigenvalue weighted by Crippen LogP contribution is -2.39. The maximum absolute atomic E-state index is 6.04. The minimum absolute atomic E-state index is 0.195. The second-order valence-corrected chi connectivity index (χ2v) is 9.24. The zero-order chi connectivity index (χ0) is 21.5. The second-order valence-electron chi connectivity index (χ2n) is 8.15. The first-order valence-corrected chi connectivity index (χ1v) is 12.0. The number of aryl methyl sites for hydroxylation is 3. The number of nitrogens with one attached hydrogen (secondary N) is 1. The largest absolute Gasteiger partial charge is 0.366 e. The standard InChI is InChI=1S/C22H24N8OS/c1-2-17-25-20(29-28-17)15-12-30(9-10-31-15)21-18-13-5-3-4-6-16(13)32-22(18)27-19(26-21)14-11-23-7-8-24-14/h7-8,11,15H,2-6,9-10,12H2,1H3,(H,25,28,29). The number of hydrogen-bond donors (Lipinski definition) is 1. The summed E-state index contributed by atoms with van der Waals surface area (Å²) in [5, 5.41) is 8.59. The Hall–Kier alpha value is -2.98. The summed E-state index contributed by atoms with van der Waals surface area (Å²) in [5.41, 5.74) is 2.11. The van der Waals surface area contributed by atoms with Gasteiger partial charge in [-0.05, 0) is 31.2 Å². The molecule has 0 spiro atoms. The Morgan fingerprint density at radius 2 is 2.12 bits per heavy atom. The molecule has 4 aromatic rings. The van der Waals surface area contributed by atoms with E-state index in [1.54, 1.807) is 29.9 Å². The SMILES string of the molecule is CCc1nc(C2CN(c3nc(-c4cnccn4)nc4sc5c(c34)CCCC5)CCO2)n[nH]1. The van der Waals surface area contributed by atoms with Gasteiger partial charge in [-0.1, -0.05) is 6.92 Å². The Morgan fingerprint density at radius 3 is 2.97 bits per heavy atom. The second kappa shape index (κ2) is 8.18. The molecule has 1 aliphatic heterocycles. The molecule has 1 saturated heterocycles. The van der Waals surface area contributed by atoms with Crippen LogP contribution in [0.2, 0.25) is 0 Å². The van der Waals surface area contributed by atoms with E-state index >= 15 is 0 Å². The molecule has 10 heteroatoms. The molecule has 1 aliphatic carbocycles. The van der Waals surface area contributed by atoms with E-state index < -0.39 is 0 Å². The number of thiophene rings is 1. The summed E-state index contributed by atoms with van der Waals surface area (Å²) < 4.78 is 6.04. The van der Waals surface area contributed by atoms with Gasteiger partial charge in [-0.15, -0.1) is 11.3 Å². The normalized spacial score (nSPS) is 18.8. The lowest BCUT2D eigenvalue weighted by atomic mass is 9.97. The predicted octanol–water partition coefficient (Wildman–Crippen LogP) is 3.29. The molecule has 0 aromatic carbocycles. The Morgan fingerprint density at radius 1 is 1.19 bits per heavy atom. The molecule has 32 heavy (non-hydrogen) atoms. The first-order chi connectivity index (χ1) is 15.8. The van der Waals surface area contributed by atoms with Crippen LogP contribution < -0.4 is 4.90 Å². The Bertz CT molecular complexity index is 1250. The highest BCUT2D eigenvalue weighted by atomic mass is 32.1. The number of aromatic amines is 1. The zero-order valence-corrected chi connectivity index (χ0v) is 18.7. The maximum atomic E-state index is 6.04. The third-order valence-electron chi connectivity index (χ3n) is 6.13. The molecule has 0 amide bonds. The molecule has 2 aliphatic rings. The average molecular weight is 449 g/mol. The van der Waals surface area contributed by atoms with Crippen molar-refractivity contribution in [2.45, 2.75) is 45.1 Å². The molecule has 0 saturated carbocycles. The number of fused-ring (bicyclic) bond motifs is 3. The fraction of sp³-hybridized carbons (Fsp3) is 0.455. The van der Waals surface area contributed by atoms with Crippen LogP contribution in [-0.4, -0.2) is 54.8 Å². The van der Waals surface area contributed by atoms with E-state index in [0.29, 0.717) is 30.5 Å². The van der Waals surface area contributed by atoms with Gasteiger partial charge in [0.25, 0.3) is 0 Å². The van der Waals surface area contributed by atoms with Crippen LogP contribution in [0.5, 0.6) is 0 Å². The number of rotatable bonds is 4. The van der Waals surface area contributed by atoms with Crippen LogP contribution in [0, 0.1) is 0 Å². The van der Waals surface area contributed by atoms with Gasteiger partial charge < -0.3 is 9.64 Å². The highest BCUT2D eigenvalue weighted by Gasteiger charge is 2.30. The van der Waals surface area contributed by atoms with Gasteiger partial charge >= 0.3 is 0 Å². The highest BCUT2D eigenvalue weighted by Crippen LogP contribution is 2.41. The van der Waals surface area contributed by atoms with Crippen molar-refractivity contribution in [3.63, 3.8) is 0 Å². The van der Waals surface area contributed by atoms with Gasteiger partial charge in [0.1, 0.15) is 28.3 Å². The summed E-state index contributed by atoms with van der Waals surface area (Å²) in [4.78, 5) is 28.0. The molecular weight excluding hydrogens is 424 g/mol. The lowest BCUT2D eigenvalue weighted by Gasteiger charge is -2.33. The van der Waals surface area contributed by atoms with Crippen molar-refractivity contribution in [1.29, 1.82) is 0 Å². The molecule has 1 unspecified atom stereocenters. The van der Waals surface area contributed by atoms with Crippen LogP contribution in [0.4, 0.5) is 5.82 Å². The minimum atomic E-state index is -0.195. The molecule has 164 valence electrons. The Labute approximate surface area is 189 Å². The maximum Gasteiger partial charge on any atom is 0.183 e. The minimum Gasteiger partial charge on any atom is -0.366 e. The number of aromatic nitrogens is 7. The van der Waals surface area contributed by atoms with E-state index in [4.69, 9.17) is 14.7 Å². The van der Waals surface area contributed by atoms with Crippen molar-refractivity contribution in [3.8, 4) is 11.5 Å². The topological polar surface area (TPSA) is 106 Å². The molecule has 0 radical (unpaired) electrons. The van der Waals surface area contributed by atoms with Crippen LogP contribution >= 0.6 is 11.3 Å². The summed E-state index contributed by atoms with van der Waals surface area (Å²) in [7, 11) is 0. The van der Waals surface area contributed by atoms with Crippen molar-refractivity contribution in [3.05, 3.63) is 40.7 Å². The zero-order valence-electron chi connectivity index (χ0n) is 17.9. The van der Waals surface area contributed by atoms with Crippen molar-refractivity contribution >= 4 is 27.4 Å². The lowest BCUT2D eigenvalue weighted by molar-refractivity contribution is 0.0340. The molecule has 0 bridgehead atoms. The van der Waals surface area contributed by atoms with Crippen molar-refractivity contribution in [2.24, 2.45) is 0 Å². The summed E-state index contributed by atoms with van der Waals surface area (Å²) in [5.74, 6) is 3.17. The van der Waals surface area contributed by atoms with Crippen LogP contribution in [0.3, 0.4) is 0 Å². The predicted molar refractivity (Wildman–Crippen MR) is 122 cm³/mol. The molecule has 1 fully saturated rings. The number of H-pyrrole nitrogens is 1. The molecule has 1 atom stereocenters. The molecule has 9 nitrogen and oxygen atoms in total. The Balaban J connectivity index is 1.45. The monoisotopic (exact) mass is 448 g/mol. The van der Waals surface area contributed by atoms with Gasteiger partial charge in [0.15, 0.2) is 11.6 Å². The van der Waals surface area contributed by atoms with Crippen molar-refractivity contribution in [1.82, 2.24) is 35.1 Å². The van der Waals surface area contributed by atoms with Gasteiger partial charge in [-0.3, -0.25) is 10.1 Å². The molecule has 5 heterocycles. The van der Waals surface area contributed by atoms with E-state index in [-0.39, 0.29) is 6.10 Å². The fourth-order valence-electron chi connectivity index (χ4n) is 4.51. The summed E-state index contributed by atoms with van der Waals surface area (Å²) in [6.45, 7) is 4.07. The van der Waals surface area contributed by atoms with E-state index in [1.807, 2.05) is 0 Å². The summed E-state index contributed by atoms with van der Waals surface area (Å²) >= 11 is 1.80. The van der Waals surface area contributed by atoms with Crippen molar-refractivity contribution in [2.75, 3.05) is 24.6 Å². The van der Waals surface area contributed by atoms with Gasteiger partial charge in [0, 0.05) is 30.2 Å². The third-order valence-corrected chi connectivity index (χ3v) is 7.31. The van der Waals surface area contributed by atoms with Crippen LogP contribution in [0.25, 0.3) is 21.7 Å². The van der Waals surface area contributed by atoms with Crippen molar-refractivity contribution < 1.29 is 4.74 Å². The molecule has 1 N–H and O–H groups in total. The smallest absolute Gasteiger partial charge is 0.183 e. The first-order valence-electron chi connectivity index (χ1n) is 11.2. The summed E-state index contributed by atoms with van der Waals surface area (Å²) in [6, 6.07) is 0. The summed E-state index contributed by atoms with van der Waals surface area (Å²) in [6.07, 6.45) is 10.4. The number of anilines is 1. The van der Waals surface area contributed by atoms with E-state index in [9.17, 15) is 0 Å². The Kier molecular flexibility index (Phi) is 5.03. The van der Waals surface area contributed by atoms with Gasteiger partial charge in [0.2, 0.25) is 0 Å². The third kappa shape index (κ3) is 3.43. The van der Waals surface area contributed by atoms with E-state index in [1.165, 1.54) is 28.7 Å². The van der Waals surface area contributed by atoms with Gasteiger partial charge in [-0.2, -0.15) is 5.10 Å². The van der Waals surface area contributed by atoms with Crippen LogP contribution in [-0.2, 0) is 24.0 Å². The van der Waals surface area contributed by atoms with Crippen LogP contribution in [0.15, 0.2) is 18.6 Å². The highest BCUT2D eigenvalue weighted by molar-refractivity contribution is 7.19. The van der Waals surface area contributed by atoms with Gasteiger partial charge in [-0.25, -0.2) is 19.9 Å². The average Bonchev–Trinajstić information content (AvgIpc) is 3.49. The number of morpholine rings is 1. The number of nitrogens with zero attached hydrogens (tertiary/aromatic N) is 7. The van der Waals surface area contributed by atoms with E-state index in [0.717, 1.165) is 42.3 Å². The van der Waals surface area contributed by atoms with Gasteiger partial charge in [0.05, 0.1) is 24.7 Å². The van der Waals surface area contributed by atoms with E-state index in [2.05, 4.69) is 37.0 Å². The number of hydrogen-bond acceptors (Lipinski definition) is 9. The fourth-order valence-corrected chi connectivity index (χ4v) is 5.76. The molecule has 4 aromatic heterocycles. The van der Waals surface area contributed by atoms with Crippen LogP contribution in [0.1, 0.15) is 48.0 Å². The quantitative estimate of drug-likeness (QED) is 0.507. The first kappa shape index (κ1) is 19.7. The molecular formula is C22H24N8OS. The molecule has 6 rings (SSSR count). The number of ether oxygens (including phenoxy) is 1.